The second-order valence-corrected chi connectivity index (χ2v) is 4.38. The fourth-order valence-electron chi connectivity index (χ4n) is 1.65. The van der Waals surface area contributed by atoms with E-state index in [1.807, 2.05) is 0 Å². The Kier molecular flexibility index (Phi) is 5.99. The molecule has 1 rings (SSSR count). The largest absolute Gasteiger partial charge is 0.326 e. The first-order valence-electron chi connectivity index (χ1n) is 6.40. The maximum Gasteiger partial charge on any atom is 0.224 e. The zero-order valence-corrected chi connectivity index (χ0v) is 11.3. The van der Waals surface area contributed by atoms with Crippen molar-refractivity contribution in [2.24, 2.45) is 0 Å². The molecule has 0 saturated carbocycles. The van der Waals surface area contributed by atoms with Gasteiger partial charge in [0.2, 0.25) is 11.8 Å². The SMILES string of the molecule is CCCCCC(=O)Nc1cc(NC(C)=O)ccc1F. The number of benzene rings is 1. The number of halogens is 1. The number of carbonyl (C=O) groups is 2. The molecule has 0 aliphatic rings. The summed E-state index contributed by atoms with van der Waals surface area (Å²) in [5, 5.41) is 5.06. The smallest absolute Gasteiger partial charge is 0.224 e. The first-order chi connectivity index (χ1) is 9.02. The van der Waals surface area contributed by atoms with Gasteiger partial charge in [0.1, 0.15) is 5.82 Å². The Morgan fingerprint density at radius 1 is 1.21 bits per heavy atom. The minimum Gasteiger partial charge on any atom is -0.326 e. The fraction of sp³-hybridized carbons (Fsp3) is 0.429. The van der Waals surface area contributed by atoms with Crippen LogP contribution in [0.1, 0.15) is 39.5 Å². The first-order valence-corrected chi connectivity index (χ1v) is 6.40. The van der Waals surface area contributed by atoms with Crippen LogP contribution >= 0.6 is 0 Å². The summed E-state index contributed by atoms with van der Waals surface area (Å²) in [6.45, 7) is 3.42. The quantitative estimate of drug-likeness (QED) is 0.776. The van der Waals surface area contributed by atoms with E-state index in [-0.39, 0.29) is 17.5 Å². The topological polar surface area (TPSA) is 58.2 Å². The molecule has 5 heteroatoms. The third kappa shape index (κ3) is 5.50. The monoisotopic (exact) mass is 266 g/mol. The van der Waals surface area contributed by atoms with Gasteiger partial charge in [-0.3, -0.25) is 9.59 Å². The highest BCUT2D eigenvalue weighted by Crippen LogP contribution is 2.20. The Hall–Kier alpha value is -1.91. The summed E-state index contributed by atoms with van der Waals surface area (Å²) in [4.78, 5) is 22.5. The molecule has 0 atom stereocenters. The summed E-state index contributed by atoms with van der Waals surface area (Å²) < 4.78 is 13.5. The zero-order chi connectivity index (χ0) is 14.3. The van der Waals surface area contributed by atoms with Crippen molar-refractivity contribution in [3.63, 3.8) is 0 Å². The highest BCUT2D eigenvalue weighted by molar-refractivity contribution is 5.93. The molecule has 1 aromatic rings. The summed E-state index contributed by atoms with van der Waals surface area (Å²) in [6.07, 6.45) is 3.16. The van der Waals surface area contributed by atoms with Crippen molar-refractivity contribution in [2.75, 3.05) is 10.6 Å². The fourth-order valence-corrected chi connectivity index (χ4v) is 1.65. The van der Waals surface area contributed by atoms with Gasteiger partial charge in [0.05, 0.1) is 5.69 Å². The number of nitrogens with one attached hydrogen (secondary N) is 2. The molecule has 0 unspecified atom stereocenters. The number of carbonyl (C=O) groups excluding carboxylic acids is 2. The van der Waals surface area contributed by atoms with Gasteiger partial charge in [-0.15, -0.1) is 0 Å². The van der Waals surface area contributed by atoms with E-state index in [0.29, 0.717) is 12.1 Å². The molecule has 0 radical (unpaired) electrons. The average Bonchev–Trinajstić information content (AvgIpc) is 2.33. The third-order valence-corrected chi connectivity index (χ3v) is 2.57. The number of amides is 2. The van der Waals surface area contributed by atoms with Crippen LogP contribution in [0, 0.1) is 5.82 Å². The Morgan fingerprint density at radius 3 is 2.58 bits per heavy atom. The van der Waals surface area contributed by atoms with E-state index < -0.39 is 5.82 Å². The van der Waals surface area contributed by atoms with E-state index in [2.05, 4.69) is 17.6 Å². The van der Waals surface area contributed by atoms with Crippen molar-refractivity contribution in [1.82, 2.24) is 0 Å². The van der Waals surface area contributed by atoms with Gasteiger partial charge in [-0.2, -0.15) is 0 Å². The van der Waals surface area contributed by atoms with E-state index in [4.69, 9.17) is 0 Å². The maximum atomic E-state index is 13.5. The molecule has 104 valence electrons. The first kappa shape index (κ1) is 15.1. The molecule has 0 aliphatic carbocycles. The van der Waals surface area contributed by atoms with Crippen LogP contribution in [0.4, 0.5) is 15.8 Å². The van der Waals surface area contributed by atoms with E-state index >= 15 is 0 Å². The van der Waals surface area contributed by atoms with Crippen LogP contribution in [-0.2, 0) is 9.59 Å². The molecule has 2 amide bonds. The van der Waals surface area contributed by atoms with Crippen molar-refractivity contribution < 1.29 is 14.0 Å². The van der Waals surface area contributed by atoms with E-state index in [9.17, 15) is 14.0 Å². The van der Waals surface area contributed by atoms with Crippen molar-refractivity contribution in [3.8, 4) is 0 Å². The summed E-state index contributed by atoms with van der Waals surface area (Å²) in [6, 6.07) is 4.07. The van der Waals surface area contributed by atoms with Crippen LogP contribution in [-0.4, -0.2) is 11.8 Å². The molecule has 0 saturated heterocycles. The predicted octanol–water partition coefficient (Wildman–Crippen LogP) is 3.30. The zero-order valence-electron chi connectivity index (χ0n) is 11.3. The molecule has 4 nitrogen and oxygen atoms in total. The lowest BCUT2D eigenvalue weighted by Crippen LogP contribution is -2.13. The summed E-state index contributed by atoms with van der Waals surface area (Å²) in [5.41, 5.74) is 0.547. The van der Waals surface area contributed by atoms with Gasteiger partial charge in [0.25, 0.3) is 0 Å². The minimum atomic E-state index is -0.516. The molecular formula is C14H19FN2O2. The molecule has 0 spiro atoms. The molecule has 0 bridgehead atoms. The normalized spacial score (nSPS) is 10.1. The lowest BCUT2D eigenvalue weighted by molar-refractivity contribution is -0.116. The number of hydrogen-bond donors (Lipinski definition) is 2. The summed E-state index contributed by atoms with van der Waals surface area (Å²) in [5.74, 6) is -0.975. The van der Waals surface area contributed by atoms with Gasteiger partial charge in [0, 0.05) is 19.0 Å². The van der Waals surface area contributed by atoms with E-state index in [1.54, 1.807) is 0 Å². The van der Waals surface area contributed by atoms with Gasteiger partial charge in [-0.05, 0) is 24.6 Å². The summed E-state index contributed by atoms with van der Waals surface area (Å²) in [7, 11) is 0. The third-order valence-electron chi connectivity index (χ3n) is 2.57. The van der Waals surface area contributed by atoms with Gasteiger partial charge in [0.15, 0.2) is 0 Å². The Morgan fingerprint density at radius 2 is 1.95 bits per heavy atom. The van der Waals surface area contributed by atoms with Crippen molar-refractivity contribution in [3.05, 3.63) is 24.0 Å². The highest BCUT2D eigenvalue weighted by atomic mass is 19.1. The standard InChI is InChI=1S/C14H19FN2O2/c1-3-4-5-6-14(19)17-13-9-11(16-10(2)18)7-8-12(13)15/h7-9H,3-6H2,1-2H3,(H,16,18)(H,17,19). The molecule has 19 heavy (non-hydrogen) atoms. The number of rotatable bonds is 6. The molecular weight excluding hydrogens is 247 g/mol. The number of hydrogen-bond acceptors (Lipinski definition) is 2. The lowest BCUT2D eigenvalue weighted by atomic mass is 10.2. The van der Waals surface area contributed by atoms with E-state index in [0.717, 1.165) is 19.3 Å². The highest BCUT2D eigenvalue weighted by Gasteiger charge is 2.08. The van der Waals surface area contributed by atoms with Crippen LogP contribution in [0.3, 0.4) is 0 Å². The van der Waals surface area contributed by atoms with Gasteiger partial charge in [-0.1, -0.05) is 19.8 Å². The average molecular weight is 266 g/mol. The molecule has 0 heterocycles. The van der Waals surface area contributed by atoms with Crippen LogP contribution in [0.15, 0.2) is 18.2 Å². The predicted molar refractivity (Wildman–Crippen MR) is 73.5 cm³/mol. The van der Waals surface area contributed by atoms with Crippen molar-refractivity contribution >= 4 is 23.2 Å². The van der Waals surface area contributed by atoms with Crippen LogP contribution in [0.2, 0.25) is 0 Å². The number of anilines is 2. The Labute approximate surface area is 112 Å². The second kappa shape index (κ2) is 7.51. The molecule has 2 N–H and O–H groups in total. The van der Waals surface area contributed by atoms with Gasteiger partial charge in [-0.25, -0.2) is 4.39 Å². The van der Waals surface area contributed by atoms with Gasteiger partial charge < -0.3 is 10.6 Å². The Balaban J connectivity index is 2.65. The molecule has 0 aromatic heterocycles. The van der Waals surface area contributed by atoms with Crippen molar-refractivity contribution in [1.29, 1.82) is 0 Å². The van der Waals surface area contributed by atoms with Crippen LogP contribution < -0.4 is 10.6 Å². The van der Waals surface area contributed by atoms with Crippen molar-refractivity contribution in [2.45, 2.75) is 39.5 Å². The Bertz CT molecular complexity index is 461. The van der Waals surface area contributed by atoms with Gasteiger partial charge >= 0.3 is 0 Å². The van der Waals surface area contributed by atoms with Crippen LogP contribution in [0.5, 0.6) is 0 Å². The summed E-state index contributed by atoms with van der Waals surface area (Å²) >= 11 is 0. The number of unbranched alkanes of at least 4 members (excludes halogenated alkanes) is 2. The van der Waals surface area contributed by atoms with E-state index in [1.165, 1.54) is 25.1 Å². The molecule has 1 aromatic carbocycles. The lowest BCUT2D eigenvalue weighted by Gasteiger charge is -2.09. The second-order valence-electron chi connectivity index (χ2n) is 4.38. The minimum absolute atomic E-state index is 0.0905. The molecule has 0 aliphatic heterocycles. The maximum absolute atomic E-state index is 13.5. The molecule has 0 fully saturated rings. The van der Waals surface area contributed by atoms with Crippen LogP contribution in [0.25, 0.3) is 0 Å².